The summed E-state index contributed by atoms with van der Waals surface area (Å²) in [5, 5.41) is 3.25. The van der Waals surface area contributed by atoms with Crippen molar-refractivity contribution in [1.82, 2.24) is 15.1 Å². The Labute approximate surface area is 189 Å². The van der Waals surface area contributed by atoms with E-state index in [0.29, 0.717) is 18.0 Å². The number of benzene rings is 2. The quantitative estimate of drug-likeness (QED) is 0.721. The first-order valence-electron chi connectivity index (χ1n) is 11.2. The third kappa shape index (κ3) is 5.11. The number of methoxy groups -OCH3 is 1. The van der Waals surface area contributed by atoms with Gasteiger partial charge in [-0.25, -0.2) is 0 Å². The molecule has 2 aliphatic heterocycles. The molecule has 0 aliphatic carbocycles. The molecule has 7 nitrogen and oxygen atoms in total. The number of hydrogen-bond donors (Lipinski definition) is 1. The summed E-state index contributed by atoms with van der Waals surface area (Å²) in [5.41, 5.74) is 1.80. The van der Waals surface area contributed by atoms with Crippen LogP contribution in [0.5, 0.6) is 5.75 Å². The van der Waals surface area contributed by atoms with E-state index in [1.165, 1.54) is 0 Å². The van der Waals surface area contributed by atoms with Gasteiger partial charge in [-0.05, 0) is 24.7 Å². The summed E-state index contributed by atoms with van der Waals surface area (Å²) in [5.74, 6) is 0.133. The summed E-state index contributed by atoms with van der Waals surface area (Å²) in [6, 6.07) is 17.4. The maximum absolute atomic E-state index is 13.3. The van der Waals surface area contributed by atoms with Crippen LogP contribution >= 0.6 is 0 Å². The van der Waals surface area contributed by atoms with Gasteiger partial charge in [0.25, 0.3) is 0 Å². The zero-order chi connectivity index (χ0) is 22.5. The molecule has 0 bridgehead atoms. The van der Waals surface area contributed by atoms with Crippen molar-refractivity contribution in [2.75, 3.05) is 58.3 Å². The van der Waals surface area contributed by atoms with Gasteiger partial charge in [-0.2, -0.15) is 0 Å². The number of nitrogens with zero attached hydrogens (tertiary/aromatic N) is 3. The van der Waals surface area contributed by atoms with Gasteiger partial charge in [-0.3, -0.25) is 14.5 Å². The average Bonchev–Trinajstić information content (AvgIpc) is 3.22. The van der Waals surface area contributed by atoms with Crippen LogP contribution in [0.25, 0.3) is 0 Å². The van der Waals surface area contributed by atoms with Crippen molar-refractivity contribution in [1.29, 1.82) is 0 Å². The van der Waals surface area contributed by atoms with Crippen LogP contribution in [-0.4, -0.2) is 75.0 Å². The molecule has 2 unspecified atom stereocenters. The van der Waals surface area contributed by atoms with Gasteiger partial charge in [0.05, 0.1) is 24.8 Å². The monoisotopic (exact) mass is 436 g/mol. The highest BCUT2D eigenvalue weighted by molar-refractivity contribution is 6.01. The maximum Gasteiger partial charge on any atom is 0.227 e. The molecule has 170 valence electrons. The van der Waals surface area contributed by atoms with E-state index in [2.05, 4.69) is 34.3 Å². The van der Waals surface area contributed by atoms with E-state index in [4.69, 9.17) is 4.74 Å². The summed E-state index contributed by atoms with van der Waals surface area (Å²) >= 11 is 0. The van der Waals surface area contributed by atoms with Gasteiger partial charge in [0.1, 0.15) is 5.75 Å². The number of piperazine rings is 1. The molecule has 2 saturated heterocycles. The third-order valence-electron chi connectivity index (χ3n) is 6.43. The minimum Gasteiger partial charge on any atom is -0.495 e. The van der Waals surface area contributed by atoms with Gasteiger partial charge in [-0.1, -0.05) is 42.5 Å². The summed E-state index contributed by atoms with van der Waals surface area (Å²) in [7, 11) is 3.73. The molecule has 0 aromatic heterocycles. The Balaban J connectivity index is 1.45. The molecule has 2 atom stereocenters. The number of para-hydroxylation sites is 2. The normalized spacial score (nSPS) is 20.9. The van der Waals surface area contributed by atoms with Crippen molar-refractivity contribution >= 4 is 17.5 Å². The fraction of sp³-hybridized carbons (Fsp3) is 0.440. The lowest BCUT2D eigenvalue weighted by molar-refractivity contribution is -0.127. The Bertz CT molecular complexity index is 928. The molecule has 4 rings (SSSR count). The van der Waals surface area contributed by atoms with E-state index in [1.807, 2.05) is 42.5 Å². The maximum atomic E-state index is 13.3. The largest absolute Gasteiger partial charge is 0.495 e. The van der Waals surface area contributed by atoms with Crippen LogP contribution in [0.15, 0.2) is 54.6 Å². The van der Waals surface area contributed by atoms with E-state index >= 15 is 0 Å². The minimum absolute atomic E-state index is 0.0509. The fourth-order valence-corrected chi connectivity index (χ4v) is 4.47. The van der Waals surface area contributed by atoms with Crippen LogP contribution in [0.3, 0.4) is 0 Å². The van der Waals surface area contributed by atoms with Crippen LogP contribution in [-0.2, 0) is 9.59 Å². The molecule has 0 spiro atoms. The van der Waals surface area contributed by atoms with Gasteiger partial charge in [0.15, 0.2) is 0 Å². The number of ether oxygens (including phenoxy) is 1. The van der Waals surface area contributed by atoms with Gasteiger partial charge < -0.3 is 19.9 Å². The molecule has 2 aliphatic rings. The molecule has 32 heavy (non-hydrogen) atoms. The first-order chi connectivity index (χ1) is 15.5. The molecule has 0 saturated carbocycles. The first-order valence-corrected chi connectivity index (χ1v) is 11.2. The molecular formula is C25H32N4O3. The number of amides is 2. The first kappa shape index (κ1) is 22.3. The van der Waals surface area contributed by atoms with Crippen molar-refractivity contribution < 1.29 is 14.3 Å². The average molecular weight is 437 g/mol. The van der Waals surface area contributed by atoms with Crippen molar-refractivity contribution in [3.05, 3.63) is 60.2 Å². The smallest absolute Gasteiger partial charge is 0.227 e. The highest BCUT2D eigenvalue weighted by Crippen LogP contribution is 2.33. The Morgan fingerprint density at radius 3 is 2.47 bits per heavy atom. The van der Waals surface area contributed by atoms with E-state index in [0.717, 1.165) is 38.3 Å². The highest BCUT2D eigenvalue weighted by atomic mass is 16.5. The molecule has 2 fully saturated rings. The lowest BCUT2D eigenvalue weighted by Crippen LogP contribution is -2.48. The molecular weight excluding hydrogens is 404 g/mol. The van der Waals surface area contributed by atoms with Crippen LogP contribution in [0.1, 0.15) is 18.0 Å². The van der Waals surface area contributed by atoms with E-state index in [1.54, 1.807) is 12.0 Å². The molecule has 2 aromatic carbocycles. The van der Waals surface area contributed by atoms with E-state index < -0.39 is 0 Å². The summed E-state index contributed by atoms with van der Waals surface area (Å²) in [6.07, 6.45) is 0.208. The Morgan fingerprint density at radius 2 is 1.75 bits per heavy atom. The SMILES string of the molecule is COc1ccccc1N1CC(C(=O)NC(CN2CCN(C)CC2)c2ccccc2)CC1=O. The number of carbonyl (C=O) groups is 2. The fourth-order valence-electron chi connectivity index (χ4n) is 4.47. The summed E-state index contributed by atoms with van der Waals surface area (Å²) < 4.78 is 5.41. The van der Waals surface area contributed by atoms with Gasteiger partial charge in [-0.15, -0.1) is 0 Å². The zero-order valence-corrected chi connectivity index (χ0v) is 18.9. The molecule has 2 heterocycles. The standard InChI is InChI=1S/C25H32N4O3/c1-27-12-14-28(15-13-27)18-21(19-8-4-3-5-9-19)26-25(31)20-16-24(30)29(17-20)22-10-6-7-11-23(22)32-2/h3-11,20-21H,12-18H2,1-2H3,(H,26,31). The number of nitrogens with one attached hydrogen (secondary N) is 1. The lowest BCUT2D eigenvalue weighted by Gasteiger charge is -2.35. The summed E-state index contributed by atoms with van der Waals surface area (Å²) in [6.45, 7) is 5.15. The van der Waals surface area contributed by atoms with Gasteiger partial charge >= 0.3 is 0 Å². The number of likely N-dealkylation sites (N-methyl/N-ethyl adjacent to an activating group) is 1. The molecule has 0 radical (unpaired) electrons. The van der Waals surface area contributed by atoms with Crippen molar-refractivity contribution in [3.63, 3.8) is 0 Å². The minimum atomic E-state index is -0.383. The number of hydrogen-bond acceptors (Lipinski definition) is 5. The predicted molar refractivity (Wildman–Crippen MR) is 125 cm³/mol. The van der Waals surface area contributed by atoms with Crippen LogP contribution in [0.2, 0.25) is 0 Å². The van der Waals surface area contributed by atoms with Crippen LogP contribution in [0, 0.1) is 5.92 Å². The zero-order valence-electron chi connectivity index (χ0n) is 18.9. The second kappa shape index (κ2) is 10.1. The topological polar surface area (TPSA) is 65.1 Å². The Hall–Kier alpha value is -2.90. The second-order valence-electron chi connectivity index (χ2n) is 8.65. The molecule has 2 amide bonds. The number of rotatable bonds is 7. The Kier molecular flexibility index (Phi) is 7.07. The molecule has 1 N–H and O–H groups in total. The van der Waals surface area contributed by atoms with Crippen LogP contribution < -0.4 is 15.0 Å². The van der Waals surface area contributed by atoms with Gasteiger partial charge in [0, 0.05) is 45.7 Å². The van der Waals surface area contributed by atoms with Crippen molar-refractivity contribution in [3.8, 4) is 5.75 Å². The van der Waals surface area contributed by atoms with Crippen LogP contribution in [0.4, 0.5) is 5.69 Å². The lowest BCUT2D eigenvalue weighted by atomic mass is 10.0. The summed E-state index contributed by atoms with van der Waals surface area (Å²) in [4.78, 5) is 32.4. The van der Waals surface area contributed by atoms with Crippen molar-refractivity contribution in [2.45, 2.75) is 12.5 Å². The molecule has 7 heteroatoms. The van der Waals surface area contributed by atoms with E-state index in [-0.39, 0.29) is 30.2 Å². The number of anilines is 1. The van der Waals surface area contributed by atoms with Gasteiger partial charge in [0.2, 0.25) is 11.8 Å². The van der Waals surface area contributed by atoms with E-state index in [9.17, 15) is 9.59 Å². The predicted octanol–water partition coefficient (Wildman–Crippen LogP) is 2.15. The highest BCUT2D eigenvalue weighted by Gasteiger charge is 2.37. The third-order valence-corrected chi connectivity index (χ3v) is 6.43. The molecule has 2 aromatic rings. The second-order valence-corrected chi connectivity index (χ2v) is 8.65. The van der Waals surface area contributed by atoms with Crippen molar-refractivity contribution in [2.24, 2.45) is 5.92 Å². The number of carbonyl (C=O) groups excluding carboxylic acids is 2. The Morgan fingerprint density at radius 1 is 1.06 bits per heavy atom.